The molecule has 6 aromatic carbocycles. The molecule has 0 saturated heterocycles. The first-order valence-corrected chi connectivity index (χ1v) is 18.0. The van der Waals surface area contributed by atoms with Gasteiger partial charge < -0.3 is 4.90 Å². The van der Waals surface area contributed by atoms with Gasteiger partial charge in [-0.25, -0.2) is 0 Å². The Morgan fingerprint density at radius 3 is 1.94 bits per heavy atom. The van der Waals surface area contributed by atoms with Gasteiger partial charge in [0.25, 0.3) is 0 Å². The quantitative estimate of drug-likeness (QED) is 0.185. The largest absolute Gasteiger partial charge is 0.310 e. The smallest absolute Gasteiger partial charge is 0.0543 e. The molecule has 0 amide bonds. The van der Waals surface area contributed by atoms with Crippen LogP contribution in [0, 0.1) is 0 Å². The molecule has 0 aromatic heterocycles. The van der Waals surface area contributed by atoms with E-state index in [1.54, 1.807) is 5.56 Å². The first-order chi connectivity index (χ1) is 23.6. The Morgan fingerprint density at radius 1 is 0.438 bits per heavy atom. The minimum atomic E-state index is -0.0893. The lowest BCUT2D eigenvalue weighted by Crippen LogP contribution is -2.18. The van der Waals surface area contributed by atoms with Gasteiger partial charge in [-0.15, -0.1) is 0 Å². The van der Waals surface area contributed by atoms with E-state index in [1.165, 1.54) is 117 Å². The molecule has 9 rings (SSSR count). The summed E-state index contributed by atoms with van der Waals surface area (Å²) in [6, 6.07) is 48.5. The van der Waals surface area contributed by atoms with E-state index in [0.29, 0.717) is 0 Å². The lowest BCUT2D eigenvalue weighted by Gasteiger charge is -2.32. The number of anilines is 3. The Kier molecular flexibility index (Phi) is 7.12. The fourth-order valence-electron chi connectivity index (χ4n) is 8.89. The summed E-state index contributed by atoms with van der Waals surface area (Å²) in [5.74, 6) is 0. The van der Waals surface area contributed by atoms with Crippen LogP contribution in [-0.4, -0.2) is 0 Å². The van der Waals surface area contributed by atoms with Crippen molar-refractivity contribution in [3.8, 4) is 33.4 Å². The summed E-state index contributed by atoms with van der Waals surface area (Å²) < 4.78 is 0. The number of benzene rings is 6. The minimum Gasteiger partial charge on any atom is -0.310 e. The summed E-state index contributed by atoms with van der Waals surface area (Å²) >= 11 is 0. The molecule has 0 spiro atoms. The van der Waals surface area contributed by atoms with Crippen LogP contribution >= 0.6 is 0 Å². The Labute approximate surface area is 285 Å². The molecule has 48 heavy (non-hydrogen) atoms. The molecule has 0 radical (unpaired) electrons. The van der Waals surface area contributed by atoms with Gasteiger partial charge in [-0.05, 0) is 149 Å². The van der Waals surface area contributed by atoms with Crippen molar-refractivity contribution in [1.29, 1.82) is 0 Å². The Bertz CT molecular complexity index is 2150. The van der Waals surface area contributed by atoms with Crippen molar-refractivity contribution >= 4 is 17.1 Å². The van der Waals surface area contributed by atoms with Crippen LogP contribution in [0.15, 0.2) is 127 Å². The topological polar surface area (TPSA) is 3.24 Å². The lowest BCUT2D eigenvalue weighted by molar-refractivity contribution is 0.660. The van der Waals surface area contributed by atoms with Crippen molar-refractivity contribution in [2.45, 2.75) is 70.6 Å². The second kappa shape index (κ2) is 11.7. The van der Waals surface area contributed by atoms with Crippen molar-refractivity contribution in [1.82, 2.24) is 0 Å². The Hall–Kier alpha value is -4.88. The summed E-state index contributed by atoms with van der Waals surface area (Å²) in [5, 5.41) is 0. The monoisotopic (exact) mass is 621 g/mol. The lowest BCUT2D eigenvalue weighted by atomic mass is 9.80. The molecule has 3 aliphatic rings. The normalized spacial score (nSPS) is 15.6. The molecular formula is C47H43N. The van der Waals surface area contributed by atoms with E-state index in [0.717, 1.165) is 12.8 Å². The molecule has 6 aromatic rings. The number of rotatable bonds is 5. The highest BCUT2D eigenvalue weighted by molar-refractivity contribution is 5.95. The zero-order valence-electron chi connectivity index (χ0n) is 28.2. The number of hydrogen-bond acceptors (Lipinski definition) is 1. The van der Waals surface area contributed by atoms with Gasteiger partial charge >= 0.3 is 0 Å². The molecule has 1 nitrogen and oxygen atoms in total. The molecule has 0 unspecified atom stereocenters. The molecule has 236 valence electrons. The zero-order valence-corrected chi connectivity index (χ0v) is 28.2. The fourth-order valence-corrected chi connectivity index (χ4v) is 8.89. The first-order valence-electron chi connectivity index (χ1n) is 18.0. The molecule has 0 heterocycles. The predicted octanol–water partition coefficient (Wildman–Crippen LogP) is 12.6. The highest BCUT2D eigenvalue weighted by atomic mass is 15.1. The van der Waals surface area contributed by atoms with Crippen LogP contribution in [0.3, 0.4) is 0 Å². The molecular weight excluding hydrogens is 579 g/mol. The van der Waals surface area contributed by atoms with Gasteiger partial charge in [0.1, 0.15) is 0 Å². The summed E-state index contributed by atoms with van der Waals surface area (Å²) in [6.07, 6.45) is 9.78. The molecule has 0 saturated carbocycles. The molecule has 3 aliphatic carbocycles. The van der Waals surface area contributed by atoms with E-state index in [2.05, 4.69) is 146 Å². The number of fused-ring (bicyclic) bond motifs is 5. The van der Waals surface area contributed by atoms with Gasteiger partial charge in [-0.1, -0.05) is 105 Å². The average molecular weight is 622 g/mol. The SMILES string of the molecule is CC1(C)c2ccccc2-c2cc(-c3cccc4c3CCCC4)c(N(c3ccc(-c4ccccc4)cc3)c3ccc4c(c3)CCCC4)cc21. The van der Waals surface area contributed by atoms with Crippen LogP contribution in [0.4, 0.5) is 17.1 Å². The summed E-state index contributed by atoms with van der Waals surface area (Å²) in [5.41, 5.74) is 20.6. The molecule has 0 atom stereocenters. The summed E-state index contributed by atoms with van der Waals surface area (Å²) in [4.78, 5) is 2.57. The van der Waals surface area contributed by atoms with Crippen LogP contribution in [0.25, 0.3) is 33.4 Å². The molecule has 0 aliphatic heterocycles. The molecule has 0 fully saturated rings. The maximum atomic E-state index is 2.57. The van der Waals surface area contributed by atoms with Crippen molar-refractivity contribution in [3.63, 3.8) is 0 Å². The van der Waals surface area contributed by atoms with Crippen molar-refractivity contribution in [2.24, 2.45) is 0 Å². The number of hydrogen-bond donors (Lipinski definition) is 0. The van der Waals surface area contributed by atoms with Crippen LogP contribution in [0.1, 0.15) is 72.9 Å². The fraction of sp³-hybridized carbons (Fsp3) is 0.234. The highest BCUT2D eigenvalue weighted by Gasteiger charge is 2.37. The van der Waals surface area contributed by atoms with E-state index in [1.807, 2.05) is 0 Å². The summed E-state index contributed by atoms with van der Waals surface area (Å²) in [6.45, 7) is 4.81. The average Bonchev–Trinajstić information content (AvgIpc) is 3.37. The maximum Gasteiger partial charge on any atom is 0.0543 e. The van der Waals surface area contributed by atoms with Gasteiger partial charge in [0.2, 0.25) is 0 Å². The van der Waals surface area contributed by atoms with Crippen molar-refractivity contribution in [2.75, 3.05) is 4.90 Å². The van der Waals surface area contributed by atoms with Gasteiger partial charge in [0.15, 0.2) is 0 Å². The predicted molar refractivity (Wildman–Crippen MR) is 203 cm³/mol. The maximum absolute atomic E-state index is 2.57. The number of aryl methyl sites for hydroxylation is 3. The standard InChI is InChI=1S/C47H43N/c1-47(2)44-22-11-10-20-41(44)42-30-43(40-21-12-18-35-16-8-9-19-39(35)40)46(31-45(42)47)48(38-28-25-33-15-6-7-17-36(33)29-38)37-26-23-34(24-27-37)32-13-4-3-5-14-32/h3-5,10-14,18,20-31H,6-9,15-17,19H2,1-2H3. The van der Waals surface area contributed by atoms with Gasteiger partial charge in [0, 0.05) is 22.4 Å². The van der Waals surface area contributed by atoms with Crippen LogP contribution in [0.2, 0.25) is 0 Å². The van der Waals surface area contributed by atoms with Crippen LogP contribution < -0.4 is 4.90 Å². The Morgan fingerprint density at radius 2 is 1.10 bits per heavy atom. The third-order valence-corrected chi connectivity index (χ3v) is 11.4. The van der Waals surface area contributed by atoms with E-state index in [-0.39, 0.29) is 5.41 Å². The number of nitrogens with zero attached hydrogens (tertiary/aromatic N) is 1. The van der Waals surface area contributed by atoms with Crippen molar-refractivity contribution < 1.29 is 0 Å². The zero-order chi connectivity index (χ0) is 32.2. The van der Waals surface area contributed by atoms with E-state index in [4.69, 9.17) is 0 Å². The third kappa shape index (κ3) is 4.83. The van der Waals surface area contributed by atoms with Gasteiger partial charge in [0.05, 0.1) is 5.69 Å². The van der Waals surface area contributed by atoms with Crippen LogP contribution in [-0.2, 0) is 31.1 Å². The first kappa shape index (κ1) is 29.3. The van der Waals surface area contributed by atoms with Crippen molar-refractivity contribution in [3.05, 3.63) is 161 Å². The van der Waals surface area contributed by atoms with E-state index < -0.39 is 0 Å². The van der Waals surface area contributed by atoms with E-state index in [9.17, 15) is 0 Å². The van der Waals surface area contributed by atoms with Crippen LogP contribution in [0.5, 0.6) is 0 Å². The second-order valence-electron chi connectivity index (χ2n) is 14.6. The highest BCUT2D eigenvalue weighted by Crippen LogP contribution is 2.54. The third-order valence-electron chi connectivity index (χ3n) is 11.4. The van der Waals surface area contributed by atoms with Gasteiger partial charge in [-0.3, -0.25) is 0 Å². The Balaban J connectivity index is 1.31. The van der Waals surface area contributed by atoms with E-state index >= 15 is 0 Å². The molecule has 0 N–H and O–H groups in total. The molecule has 0 bridgehead atoms. The van der Waals surface area contributed by atoms with Gasteiger partial charge in [-0.2, -0.15) is 0 Å². The molecule has 1 heteroatoms. The second-order valence-corrected chi connectivity index (χ2v) is 14.6. The summed E-state index contributed by atoms with van der Waals surface area (Å²) in [7, 11) is 0. The minimum absolute atomic E-state index is 0.0893.